The molecule has 0 aliphatic carbocycles. The molecular weight excluding hydrogens is 400 g/mol. The number of methoxy groups -OCH3 is 1. The van der Waals surface area contributed by atoms with Crippen LogP contribution in [0.4, 0.5) is 5.69 Å². The lowest BCUT2D eigenvalue weighted by Gasteiger charge is -2.10. The van der Waals surface area contributed by atoms with Gasteiger partial charge in [0.05, 0.1) is 38.5 Å². The number of benzene rings is 2. The van der Waals surface area contributed by atoms with Crippen LogP contribution in [-0.4, -0.2) is 26.1 Å². The molecule has 0 bridgehead atoms. The Balaban J connectivity index is 1.99. The van der Waals surface area contributed by atoms with Crippen LogP contribution < -0.4 is 9.60 Å². The normalized spacial score (nSPS) is 11.5. The number of nitrogens with zero attached hydrogens (tertiary/aromatic N) is 1. The fourth-order valence-electron chi connectivity index (χ4n) is 2.35. The number of thiazole rings is 1. The van der Waals surface area contributed by atoms with Crippen LogP contribution >= 0.6 is 22.9 Å². The minimum Gasteiger partial charge on any atom is -0.465 e. The molecule has 3 rings (SSSR count). The van der Waals surface area contributed by atoms with Crippen molar-refractivity contribution in [2.24, 2.45) is 7.05 Å². The lowest BCUT2D eigenvalue weighted by Crippen LogP contribution is -2.14. The number of aryl methyl sites for hydroxylation is 1. The predicted molar refractivity (Wildman–Crippen MR) is 101 cm³/mol. The SMILES string of the molecule is COC(=O)c1cc(S(=O)(=O)Nc2ccc3c(c2)sc(=O)n3C)ccc1Cl. The van der Waals surface area contributed by atoms with Crippen LogP contribution in [0.5, 0.6) is 0 Å². The van der Waals surface area contributed by atoms with Gasteiger partial charge in [-0.15, -0.1) is 0 Å². The van der Waals surface area contributed by atoms with Crippen LogP contribution in [0.25, 0.3) is 10.2 Å². The van der Waals surface area contributed by atoms with E-state index in [4.69, 9.17) is 11.6 Å². The average molecular weight is 413 g/mol. The number of hydrogen-bond acceptors (Lipinski definition) is 6. The first-order chi connectivity index (χ1) is 12.2. The van der Waals surface area contributed by atoms with E-state index < -0.39 is 16.0 Å². The van der Waals surface area contributed by atoms with E-state index in [1.165, 1.54) is 23.8 Å². The molecule has 7 nitrogen and oxygen atoms in total. The van der Waals surface area contributed by atoms with E-state index in [1.807, 2.05) is 0 Å². The minimum absolute atomic E-state index is 0.0474. The molecule has 0 spiro atoms. The number of aromatic nitrogens is 1. The number of fused-ring (bicyclic) bond motifs is 1. The van der Waals surface area contributed by atoms with E-state index in [-0.39, 0.29) is 20.4 Å². The molecule has 0 saturated carbocycles. The van der Waals surface area contributed by atoms with Crippen molar-refractivity contribution in [3.8, 4) is 0 Å². The third-order valence-electron chi connectivity index (χ3n) is 3.70. The Bertz CT molecular complexity index is 1180. The summed E-state index contributed by atoms with van der Waals surface area (Å²) in [4.78, 5) is 23.1. The monoisotopic (exact) mass is 412 g/mol. The smallest absolute Gasteiger partial charge is 0.339 e. The van der Waals surface area contributed by atoms with Crippen LogP contribution in [0.1, 0.15) is 10.4 Å². The van der Waals surface area contributed by atoms with Crippen molar-refractivity contribution in [3.05, 3.63) is 56.7 Å². The maximum Gasteiger partial charge on any atom is 0.339 e. The molecule has 136 valence electrons. The molecule has 1 N–H and O–H groups in total. The van der Waals surface area contributed by atoms with Crippen molar-refractivity contribution in [2.75, 3.05) is 11.8 Å². The molecule has 1 aromatic heterocycles. The Morgan fingerprint density at radius 2 is 1.96 bits per heavy atom. The molecule has 10 heteroatoms. The van der Waals surface area contributed by atoms with Gasteiger partial charge in [-0.3, -0.25) is 9.52 Å². The van der Waals surface area contributed by atoms with Crippen molar-refractivity contribution in [3.63, 3.8) is 0 Å². The zero-order valence-corrected chi connectivity index (χ0v) is 16.0. The summed E-state index contributed by atoms with van der Waals surface area (Å²) < 4.78 is 34.4. The lowest BCUT2D eigenvalue weighted by atomic mass is 10.2. The highest BCUT2D eigenvalue weighted by molar-refractivity contribution is 7.92. The number of nitrogens with one attached hydrogen (secondary N) is 1. The first kappa shape index (κ1) is 18.4. The van der Waals surface area contributed by atoms with Gasteiger partial charge in [-0.25, -0.2) is 13.2 Å². The topological polar surface area (TPSA) is 94.5 Å². The minimum atomic E-state index is -3.96. The average Bonchev–Trinajstić information content (AvgIpc) is 2.87. The molecular formula is C16H13ClN2O5S2. The molecule has 3 aromatic rings. The molecule has 0 unspecified atom stereocenters. The summed E-state index contributed by atoms with van der Waals surface area (Å²) in [6.07, 6.45) is 0. The van der Waals surface area contributed by atoms with E-state index in [2.05, 4.69) is 9.46 Å². The second kappa shape index (κ2) is 6.75. The Kier molecular flexibility index (Phi) is 4.78. The molecule has 0 saturated heterocycles. The highest BCUT2D eigenvalue weighted by atomic mass is 35.5. The number of rotatable bonds is 4. The number of halogens is 1. The zero-order chi connectivity index (χ0) is 19.1. The van der Waals surface area contributed by atoms with Crippen molar-refractivity contribution in [1.82, 2.24) is 4.57 Å². The van der Waals surface area contributed by atoms with Crippen molar-refractivity contribution >= 4 is 54.8 Å². The van der Waals surface area contributed by atoms with Crippen LogP contribution in [0, 0.1) is 0 Å². The van der Waals surface area contributed by atoms with Gasteiger partial charge in [0, 0.05) is 7.05 Å². The predicted octanol–water partition coefficient (Wildman–Crippen LogP) is 2.84. The number of anilines is 1. The molecule has 0 aliphatic heterocycles. The van der Waals surface area contributed by atoms with E-state index in [9.17, 15) is 18.0 Å². The van der Waals surface area contributed by atoms with E-state index in [0.717, 1.165) is 17.4 Å². The Labute approximate surface area is 157 Å². The van der Waals surface area contributed by atoms with Gasteiger partial charge < -0.3 is 9.30 Å². The van der Waals surface area contributed by atoms with Gasteiger partial charge in [-0.2, -0.15) is 0 Å². The molecule has 0 fully saturated rings. The second-order valence-corrected chi connectivity index (χ2v) is 8.43. The molecule has 26 heavy (non-hydrogen) atoms. The summed E-state index contributed by atoms with van der Waals surface area (Å²) in [5.41, 5.74) is 0.963. The van der Waals surface area contributed by atoms with Crippen molar-refractivity contribution in [2.45, 2.75) is 4.90 Å². The number of esters is 1. The van der Waals surface area contributed by atoms with Gasteiger partial charge in [0.1, 0.15) is 0 Å². The zero-order valence-electron chi connectivity index (χ0n) is 13.6. The van der Waals surface area contributed by atoms with E-state index >= 15 is 0 Å². The quantitative estimate of drug-likeness (QED) is 0.665. The van der Waals surface area contributed by atoms with Crippen LogP contribution in [-0.2, 0) is 21.8 Å². The largest absolute Gasteiger partial charge is 0.465 e. The maximum absolute atomic E-state index is 12.6. The first-order valence-electron chi connectivity index (χ1n) is 7.23. The van der Waals surface area contributed by atoms with Crippen molar-refractivity contribution < 1.29 is 17.9 Å². The van der Waals surface area contributed by atoms with Crippen LogP contribution in [0.2, 0.25) is 5.02 Å². The van der Waals surface area contributed by atoms with Gasteiger partial charge in [0.15, 0.2) is 0 Å². The highest BCUT2D eigenvalue weighted by Gasteiger charge is 2.19. The lowest BCUT2D eigenvalue weighted by molar-refractivity contribution is 0.0600. The third-order valence-corrected chi connectivity index (χ3v) is 6.40. The van der Waals surface area contributed by atoms with E-state index in [0.29, 0.717) is 15.9 Å². The number of carbonyl (C=O) groups excluding carboxylic acids is 1. The van der Waals surface area contributed by atoms with Gasteiger partial charge in [0.2, 0.25) is 0 Å². The summed E-state index contributed by atoms with van der Waals surface area (Å²) in [5.74, 6) is -0.734. The Hall–Kier alpha value is -2.36. The number of hydrogen-bond donors (Lipinski definition) is 1. The summed E-state index contributed by atoms with van der Waals surface area (Å²) in [7, 11) is -1.14. The maximum atomic E-state index is 12.6. The van der Waals surface area contributed by atoms with Gasteiger partial charge in [0.25, 0.3) is 10.0 Å². The summed E-state index contributed by atoms with van der Waals surface area (Å²) in [6, 6.07) is 8.55. The van der Waals surface area contributed by atoms with Gasteiger partial charge in [-0.05, 0) is 36.4 Å². The molecule has 1 heterocycles. The van der Waals surface area contributed by atoms with Crippen molar-refractivity contribution in [1.29, 1.82) is 0 Å². The molecule has 0 amide bonds. The fraction of sp³-hybridized carbons (Fsp3) is 0.125. The number of carbonyl (C=O) groups is 1. The van der Waals surface area contributed by atoms with Gasteiger partial charge in [-0.1, -0.05) is 22.9 Å². The molecule has 0 radical (unpaired) electrons. The summed E-state index contributed by atoms with van der Waals surface area (Å²) in [6.45, 7) is 0. The van der Waals surface area contributed by atoms with Gasteiger partial charge >= 0.3 is 10.8 Å². The summed E-state index contributed by atoms with van der Waals surface area (Å²) >= 11 is 6.94. The Morgan fingerprint density at radius 1 is 1.23 bits per heavy atom. The third kappa shape index (κ3) is 3.33. The molecule has 2 aromatic carbocycles. The molecule has 0 aliphatic rings. The highest BCUT2D eigenvalue weighted by Crippen LogP contribution is 2.25. The molecule has 0 atom stereocenters. The second-order valence-electron chi connectivity index (χ2n) is 5.35. The van der Waals surface area contributed by atoms with Crippen LogP contribution in [0.15, 0.2) is 46.1 Å². The fourth-order valence-corrected chi connectivity index (χ4v) is 4.54. The Morgan fingerprint density at radius 3 is 2.65 bits per heavy atom. The standard InChI is InChI=1S/C16H13ClN2O5S2/c1-19-13-6-3-9(7-14(13)25-16(19)21)18-26(22,23)10-4-5-12(17)11(8-10)15(20)24-2/h3-8,18H,1-2H3. The summed E-state index contributed by atoms with van der Waals surface area (Å²) in [5, 5.41) is 0.0891. The number of sulfonamides is 1. The van der Waals surface area contributed by atoms with E-state index in [1.54, 1.807) is 25.2 Å². The number of ether oxygens (including phenoxy) is 1. The van der Waals surface area contributed by atoms with Crippen LogP contribution in [0.3, 0.4) is 0 Å². The first-order valence-corrected chi connectivity index (χ1v) is 9.91.